The Labute approximate surface area is 136 Å². The maximum atomic E-state index is 12.4. The predicted molar refractivity (Wildman–Crippen MR) is 87.1 cm³/mol. The Hall–Kier alpha value is -1.55. The van der Waals surface area contributed by atoms with Crippen molar-refractivity contribution in [3.63, 3.8) is 0 Å². The summed E-state index contributed by atoms with van der Waals surface area (Å²) in [6.07, 6.45) is 3.93. The number of rotatable bonds is 5. The van der Waals surface area contributed by atoms with Crippen molar-refractivity contribution >= 4 is 23.2 Å². The normalized spacial score (nSPS) is 21.0. The number of hydrogen-bond donors (Lipinski definition) is 0. The molecular weight excluding hydrogens is 300 g/mol. The molecule has 118 valence electrons. The molecule has 1 heterocycles. The van der Waals surface area contributed by atoms with Crippen LogP contribution in [0.2, 0.25) is 5.02 Å². The van der Waals surface area contributed by atoms with E-state index in [9.17, 15) is 4.79 Å². The summed E-state index contributed by atoms with van der Waals surface area (Å²) >= 11 is 5.90. The van der Waals surface area contributed by atoms with Gasteiger partial charge in [-0.15, -0.1) is 0 Å². The molecule has 5 heteroatoms. The molecule has 3 rings (SSSR count). The zero-order chi connectivity index (χ0) is 15.5. The lowest BCUT2D eigenvalue weighted by atomic mass is 9.84. The SMILES string of the molecule is CCN(C[C@@H]1CC(c2ccc(Cl)cc2)=NO1)C(=O)C1CCC1. The molecule has 1 aliphatic carbocycles. The van der Waals surface area contributed by atoms with E-state index in [0.29, 0.717) is 11.6 Å². The quantitative estimate of drug-likeness (QED) is 0.833. The molecule has 1 atom stereocenters. The van der Waals surface area contributed by atoms with Gasteiger partial charge in [0, 0.05) is 23.9 Å². The van der Waals surface area contributed by atoms with Crippen LogP contribution in [0.3, 0.4) is 0 Å². The highest BCUT2D eigenvalue weighted by atomic mass is 35.5. The molecule has 22 heavy (non-hydrogen) atoms. The number of benzene rings is 1. The van der Waals surface area contributed by atoms with E-state index >= 15 is 0 Å². The first-order valence-electron chi connectivity index (χ1n) is 7.94. The number of carbonyl (C=O) groups is 1. The summed E-state index contributed by atoms with van der Waals surface area (Å²) in [4.78, 5) is 19.8. The summed E-state index contributed by atoms with van der Waals surface area (Å²) in [5, 5.41) is 4.89. The maximum Gasteiger partial charge on any atom is 0.225 e. The Kier molecular flexibility index (Phi) is 4.67. The van der Waals surface area contributed by atoms with E-state index in [2.05, 4.69) is 5.16 Å². The van der Waals surface area contributed by atoms with Crippen LogP contribution in [-0.4, -0.2) is 35.7 Å². The second-order valence-corrected chi connectivity index (χ2v) is 6.42. The lowest BCUT2D eigenvalue weighted by molar-refractivity contribution is -0.139. The molecule has 2 aliphatic rings. The van der Waals surface area contributed by atoms with Gasteiger partial charge >= 0.3 is 0 Å². The van der Waals surface area contributed by atoms with Crippen molar-refractivity contribution in [1.29, 1.82) is 0 Å². The Morgan fingerprint density at radius 2 is 2.09 bits per heavy atom. The van der Waals surface area contributed by atoms with Gasteiger partial charge in [-0.1, -0.05) is 35.3 Å². The molecule has 1 aromatic rings. The van der Waals surface area contributed by atoms with Crippen LogP contribution in [-0.2, 0) is 9.63 Å². The molecule has 1 aliphatic heterocycles. The molecule has 0 radical (unpaired) electrons. The molecular formula is C17H21ClN2O2. The molecule has 0 saturated heterocycles. The van der Waals surface area contributed by atoms with E-state index in [-0.39, 0.29) is 17.9 Å². The number of oxime groups is 1. The summed E-state index contributed by atoms with van der Waals surface area (Å²) in [6.45, 7) is 3.37. The molecule has 0 aromatic heterocycles. The van der Waals surface area contributed by atoms with Crippen LogP contribution in [0.15, 0.2) is 29.4 Å². The third-order valence-electron chi connectivity index (χ3n) is 4.48. The molecule has 1 aromatic carbocycles. The summed E-state index contributed by atoms with van der Waals surface area (Å²) in [5.74, 6) is 0.510. The predicted octanol–water partition coefficient (Wildman–Crippen LogP) is 3.48. The fourth-order valence-electron chi connectivity index (χ4n) is 2.87. The monoisotopic (exact) mass is 320 g/mol. The van der Waals surface area contributed by atoms with Gasteiger partial charge in [0.05, 0.1) is 12.3 Å². The Bertz CT molecular complexity index is 567. The van der Waals surface area contributed by atoms with Crippen LogP contribution < -0.4 is 0 Å². The van der Waals surface area contributed by atoms with Gasteiger partial charge in [-0.25, -0.2) is 0 Å². The Morgan fingerprint density at radius 1 is 1.36 bits per heavy atom. The Morgan fingerprint density at radius 3 is 2.68 bits per heavy atom. The number of halogens is 1. The number of nitrogens with zero attached hydrogens (tertiary/aromatic N) is 2. The largest absolute Gasteiger partial charge is 0.390 e. The van der Waals surface area contributed by atoms with Crippen molar-refractivity contribution in [3.05, 3.63) is 34.9 Å². The third-order valence-corrected chi connectivity index (χ3v) is 4.73. The minimum Gasteiger partial charge on any atom is -0.390 e. The van der Waals surface area contributed by atoms with Crippen LogP contribution in [0.5, 0.6) is 0 Å². The minimum absolute atomic E-state index is 0.0466. The van der Waals surface area contributed by atoms with Gasteiger partial charge in [-0.2, -0.15) is 0 Å². The number of amides is 1. The smallest absolute Gasteiger partial charge is 0.225 e. The van der Waals surface area contributed by atoms with E-state index in [0.717, 1.165) is 37.1 Å². The van der Waals surface area contributed by atoms with Crippen LogP contribution in [0.4, 0.5) is 0 Å². The standard InChI is InChI=1S/C17H21ClN2O2/c1-2-20(17(21)13-4-3-5-13)11-15-10-16(19-22-15)12-6-8-14(18)9-7-12/h6-9,13,15H,2-5,10-11H2,1H3/t15-/m0/s1. The summed E-state index contributed by atoms with van der Waals surface area (Å²) in [5.41, 5.74) is 1.95. The summed E-state index contributed by atoms with van der Waals surface area (Å²) in [7, 11) is 0. The van der Waals surface area contributed by atoms with Gasteiger partial charge in [0.15, 0.2) is 6.10 Å². The zero-order valence-electron chi connectivity index (χ0n) is 12.8. The minimum atomic E-state index is -0.0466. The average Bonchev–Trinajstić information content (AvgIpc) is 2.92. The first-order valence-corrected chi connectivity index (χ1v) is 8.32. The van der Waals surface area contributed by atoms with Gasteiger partial charge < -0.3 is 9.74 Å². The first kappa shape index (κ1) is 15.3. The molecule has 0 bridgehead atoms. The van der Waals surface area contributed by atoms with Gasteiger partial charge in [0.2, 0.25) is 5.91 Å². The molecule has 0 N–H and O–H groups in total. The Balaban J connectivity index is 1.56. The lowest BCUT2D eigenvalue weighted by Gasteiger charge is -2.31. The van der Waals surface area contributed by atoms with Gasteiger partial charge in [-0.3, -0.25) is 4.79 Å². The number of carbonyl (C=O) groups excluding carboxylic acids is 1. The fraction of sp³-hybridized carbons (Fsp3) is 0.529. The molecule has 1 amide bonds. The molecule has 1 fully saturated rings. The van der Waals surface area contributed by atoms with Crippen LogP contribution >= 0.6 is 11.6 Å². The summed E-state index contributed by atoms with van der Waals surface area (Å²) in [6, 6.07) is 7.60. The van der Waals surface area contributed by atoms with Crippen LogP contribution in [0.25, 0.3) is 0 Å². The molecule has 0 unspecified atom stereocenters. The first-order chi connectivity index (χ1) is 10.7. The van der Waals surface area contributed by atoms with Crippen molar-refractivity contribution < 1.29 is 9.63 Å². The lowest BCUT2D eigenvalue weighted by Crippen LogP contribution is -2.42. The highest BCUT2D eigenvalue weighted by Crippen LogP contribution is 2.29. The molecule has 0 spiro atoms. The van der Waals surface area contributed by atoms with Crippen molar-refractivity contribution in [2.45, 2.75) is 38.7 Å². The zero-order valence-corrected chi connectivity index (χ0v) is 13.6. The van der Waals surface area contributed by atoms with E-state index in [1.807, 2.05) is 36.1 Å². The highest BCUT2D eigenvalue weighted by Gasteiger charge is 2.32. The maximum absolute atomic E-state index is 12.4. The highest BCUT2D eigenvalue weighted by molar-refractivity contribution is 6.30. The van der Waals surface area contributed by atoms with Gasteiger partial charge in [0.1, 0.15) is 0 Å². The van der Waals surface area contributed by atoms with E-state index in [4.69, 9.17) is 16.4 Å². The average molecular weight is 321 g/mol. The van der Waals surface area contributed by atoms with Gasteiger partial charge in [0.25, 0.3) is 0 Å². The van der Waals surface area contributed by atoms with Crippen LogP contribution in [0.1, 0.15) is 38.2 Å². The number of hydrogen-bond acceptors (Lipinski definition) is 3. The topological polar surface area (TPSA) is 41.9 Å². The van der Waals surface area contributed by atoms with Crippen molar-refractivity contribution in [3.8, 4) is 0 Å². The van der Waals surface area contributed by atoms with E-state index < -0.39 is 0 Å². The third kappa shape index (κ3) is 3.27. The van der Waals surface area contributed by atoms with Crippen molar-refractivity contribution in [1.82, 2.24) is 4.90 Å². The molecule has 1 saturated carbocycles. The van der Waals surface area contributed by atoms with Crippen molar-refractivity contribution in [2.75, 3.05) is 13.1 Å². The number of likely N-dealkylation sites (N-methyl/N-ethyl adjacent to an activating group) is 1. The summed E-state index contributed by atoms with van der Waals surface area (Å²) < 4.78 is 0. The van der Waals surface area contributed by atoms with Crippen LogP contribution in [0, 0.1) is 5.92 Å². The van der Waals surface area contributed by atoms with E-state index in [1.165, 1.54) is 6.42 Å². The second kappa shape index (κ2) is 6.69. The molecule has 4 nitrogen and oxygen atoms in total. The second-order valence-electron chi connectivity index (χ2n) is 5.98. The van der Waals surface area contributed by atoms with Gasteiger partial charge in [-0.05, 0) is 37.5 Å². The van der Waals surface area contributed by atoms with Crippen molar-refractivity contribution in [2.24, 2.45) is 11.1 Å². The van der Waals surface area contributed by atoms with E-state index in [1.54, 1.807) is 0 Å². The fourth-order valence-corrected chi connectivity index (χ4v) is 3.00.